The summed E-state index contributed by atoms with van der Waals surface area (Å²) < 4.78 is 66.3. The van der Waals surface area contributed by atoms with Crippen LogP contribution in [-0.2, 0) is 14.5 Å². The Labute approximate surface area is 116 Å². The molecule has 1 N–H and O–H groups in total. The lowest BCUT2D eigenvalue weighted by atomic mass is 10.1. The zero-order chi connectivity index (χ0) is 15.3. The predicted octanol–water partition coefficient (Wildman–Crippen LogP) is 3.06. The van der Waals surface area contributed by atoms with Crippen LogP contribution in [-0.4, -0.2) is 31.3 Å². The zero-order valence-corrected chi connectivity index (χ0v) is 13.0. The van der Waals surface area contributed by atoms with Crippen molar-refractivity contribution in [3.05, 3.63) is 0 Å². The van der Waals surface area contributed by atoms with Crippen molar-refractivity contribution in [3.8, 4) is 0 Å². The van der Waals surface area contributed by atoms with Gasteiger partial charge in [-0.05, 0) is 45.4 Å². The average molecular weight is 323 g/mol. The fourth-order valence-corrected chi connectivity index (χ4v) is 3.11. The molecule has 19 heavy (non-hydrogen) atoms. The fraction of sp³-hybridized carbons (Fsp3) is 1.00. The van der Waals surface area contributed by atoms with Crippen molar-refractivity contribution in [1.29, 1.82) is 0 Å². The van der Waals surface area contributed by atoms with Gasteiger partial charge in [0.2, 0.25) is 0 Å². The Balaban J connectivity index is 4.20. The summed E-state index contributed by atoms with van der Waals surface area (Å²) in [6, 6.07) is 0. The lowest BCUT2D eigenvalue weighted by Crippen LogP contribution is -2.41. The smallest absolute Gasteiger partial charge is 0.258 e. The largest absolute Gasteiger partial charge is 0.442 e. The van der Waals surface area contributed by atoms with E-state index in [0.717, 1.165) is 0 Å². The molecule has 0 aromatic carbocycles. The highest BCUT2D eigenvalue weighted by Crippen LogP contribution is 2.36. The van der Waals surface area contributed by atoms with Crippen molar-refractivity contribution in [1.82, 2.24) is 4.72 Å². The molecule has 0 aliphatic rings. The highest BCUT2D eigenvalue weighted by atomic mass is 32.2. The average Bonchev–Trinajstić information content (AvgIpc) is 2.09. The summed E-state index contributed by atoms with van der Waals surface area (Å²) in [6.45, 7) is 6.27. The molecule has 9 heteroatoms. The van der Waals surface area contributed by atoms with Gasteiger partial charge in [-0.15, -0.1) is 0 Å². The van der Waals surface area contributed by atoms with Crippen molar-refractivity contribution in [3.63, 3.8) is 0 Å². The van der Waals surface area contributed by atoms with Crippen LogP contribution in [0, 0.1) is 0 Å². The number of alkyl halides is 3. The fourth-order valence-electron chi connectivity index (χ4n) is 1.23. The second-order valence-corrected chi connectivity index (χ2v) is 7.72. The summed E-state index contributed by atoms with van der Waals surface area (Å²) in [5.74, 6) is 0. The molecule has 4 nitrogen and oxygen atoms in total. The Morgan fingerprint density at radius 3 is 2.16 bits per heavy atom. The van der Waals surface area contributed by atoms with Crippen molar-refractivity contribution < 1.29 is 25.8 Å². The number of rotatable bonds is 7. The van der Waals surface area contributed by atoms with E-state index in [2.05, 4.69) is 8.91 Å². The van der Waals surface area contributed by atoms with E-state index < -0.39 is 26.6 Å². The summed E-state index contributed by atoms with van der Waals surface area (Å²) in [6.07, 6.45) is 0.312. The number of nitrogens with one attached hydrogen (secondary N) is 1. The number of hydrogen-bond donors (Lipinski definition) is 1. The first-order valence-electron chi connectivity index (χ1n) is 5.77. The lowest BCUT2D eigenvalue weighted by Gasteiger charge is -2.20. The van der Waals surface area contributed by atoms with Crippen molar-refractivity contribution in [2.75, 3.05) is 6.61 Å². The van der Waals surface area contributed by atoms with Gasteiger partial charge in [-0.2, -0.15) is 26.3 Å². The van der Waals surface area contributed by atoms with Crippen LogP contribution in [0.3, 0.4) is 0 Å². The van der Waals surface area contributed by atoms with E-state index in [1.807, 2.05) is 0 Å². The van der Waals surface area contributed by atoms with Gasteiger partial charge in [0.1, 0.15) is 0 Å². The molecule has 1 unspecified atom stereocenters. The van der Waals surface area contributed by atoms with Crippen LogP contribution in [0.25, 0.3) is 0 Å². The van der Waals surface area contributed by atoms with E-state index in [1.54, 1.807) is 27.7 Å². The summed E-state index contributed by atoms with van der Waals surface area (Å²) in [7, 11) is -3.93. The summed E-state index contributed by atoms with van der Waals surface area (Å²) in [4.78, 5) is 0. The quantitative estimate of drug-likeness (QED) is 0.782. The Morgan fingerprint density at radius 1 is 1.26 bits per heavy atom. The third-order valence-corrected chi connectivity index (χ3v) is 4.37. The SMILES string of the molecule is CCC(CCOS(=O)(=O)NC(C)(C)C)SC(F)(F)F. The normalized spacial score (nSPS) is 15.5. The maximum atomic E-state index is 12.2. The molecule has 116 valence electrons. The highest BCUT2D eigenvalue weighted by molar-refractivity contribution is 8.00. The molecule has 0 aliphatic carbocycles. The molecule has 0 bridgehead atoms. The van der Waals surface area contributed by atoms with Crippen LogP contribution >= 0.6 is 11.8 Å². The summed E-state index contributed by atoms with van der Waals surface area (Å²) >= 11 is -0.130. The molecule has 0 aliphatic heterocycles. The number of thioether (sulfide) groups is 1. The Kier molecular flexibility index (Phi) is 7.15. The second kappa shape index (κ2) is 7.14. The van der Waals surface area contributed by atoms with Crippen LogP contribution in [0.15, 0.2) is 0 Å². The maximum absolute atomic E-state index is 12.2. The molecule has 0 aromatic heterocycles. The molecule has 0 saturated heterocycles. The minimum absolute atomic E-state index is 0.0196. The topological polar surface area (TPSA) is 55.4 Å². The standard InChI is InChI=1S/C10H20F3NO3S2/c1-5-8(18-10(11,12)13)6-7-17-19(15,16)14-9(2,3)4/h8,14H,5-7H2,1-4H3. The van der Waals surface area contributed by atoms with Crippen LogP contribution in [0.5, 0.6) is 0 Å². The zero-order valence-electron chi connectivity index (χ0n) is 11.4. The summed E-state index contributed by atoms with van der Waals surface area (Å²) in [5, 5.41) is -0.704. The van der Waals surface area contributed by atoms with E-state index in [0.29, 0.717) is 6.42 Å². The molecule has 0 aromatic rings. The monoisotopic (exact) mass is 323 g/mol. The minimum Gasteiger partial charge on any atom is -0.258 e. The van der Waals surface area contributed by atoms with Gasteiger partial charge in [0.05, 0.1) is 6.61 Å². The maximum Gasteiger partial charge on any atom is 0.442 e. The lowest BCUT2D eigenvalue weighted by molar-refractivity contribution is -0.0335. The van der Waals surface area contributed by atoms with E-state index >= 15 is 0 Å². The molecular weight excluding hydrogens is 303 g/mol. The van der Waals surface area contributed by atoms with Gasteiger partial charge in [0.25, 0.3) is 0 Å². The number of halogens is 3. The Hall–Kier alpha value is 0.01000. The van der Waals surface area contributed by atoms with Gasteiger partial charge < -0.3 is 0 Å². The Morgan fingerprint density at radius 2 is 1.79 bits per heavy atom. The van der Waals surface area contributed by atoms with E-state index in [4.69, 9.17) is 0 Å². The van der Waals surface area contributed by atoms with Gasteiger partial charge in [0.15, 0.2) is 0 Å². The van der Waals surface area contributed by atoms with Crippen molar-refractivity contribution in [2.24, 2.45) is 0 Å². The van der Waals surface area contributed by atoms with Crippen molar-refractivity contribution >= 4 is 22.1 Å². The van der Waals surface area contributed by atoms with E-state index in [1.165, 1.54) is 0 Å². The molecule has 0 saturated carbocycles. The first kappa shape index (κ1) is 19.0. The predicted molar refractivity (Wildman–Crippen MR) is 70.1 cm³/mol. The van der Waals surface area contributed by atoms with Gasteiger partial charge in [-0.1, -0.05) is 6.92 Å². The summed E-state index contributed by atoms with van der Waals surface area (Å²) in [5.41, 5.74) is -5.01. The molecule has 1 atom stereocenters. The molecular formula is C10H20F3NO3S2. The third-order valence-electron chi connectivity index (χ3n) is 1.87. The van der Waals surface area contributed by atoms with Crippen molar-refractivity contribution in [2.45, 2.75) is 56.8 Å². The minimum atomic E-state index is -4.32. The van der Waals surface area contributed by atoms with Crippen LogP contribution in [0.4, 0.5) is 13.2 Å². The second-order valence-electron chi connectivity index (χ2n) is 5.01. The van der Waals surface area contributed by atoms with E-state index in [9.17, 15) is 21.6 Å². The van der Waals surface area contributed by atoms with Gasteiger partial charge in [0, 0.05) is 10.8 Å². The van der Waals surface area contributed by atoms with Crippen LogP contribution < -0.4 is 4.72 Å². The third kappa shape index (κ3) is 11.5. The first-order chi connectivity index (χ1) is 8.35. The Bertz CT molecular complexity index is 363. The van der Waals surface area contributed by atoms with Gasteiger partial charge >= 0.3 is 15.8 Å². The van der Waals surface area contributed by atoms with Crippen LogP contribution in [0.2, 0.25) is 0 Å². The first-order valence-corrected chi connectivity index (χ1v) is 8.06. The molecule has 0 rings (SSSR count). The van der Waals surface area contributed by atoms with E-state index in [-0.39, 0.29) is 24.8 Å². The molecule has 0 heterocycles. The highest BCUT2D eigenvalue weighted by Gasteiger charge is 2.32. The van der Waals surface area contributed by atoms with Gasteiger partial charge in [-0.25, -0.2) is 0 Å². The van der Waals surface area contributed by atoms with Gasteiger partial charge in [-0.3, -0.25) is 4.18 Å². The molecule has 0 spiro atoms. The number of hydrogen-bond acceptors (Lipinski definition) is 4. The molecule has 0 radical (unpaired) electrons. The van der Waals surface area contributed by atoms with Crippen LogP contribution in [0.1, 0.15) is 40.5 Å². The molecule has 0 amide bonds. The molecule has 0 fully saturated rings.